The maximum Gasteiger partial charge on any atom is 0.258 e. The van der Waals surface area contributed by atoms with Crippen LogP contribution in [-0.4, -0.2) is 10.1 Å². The number of benzene rings is 3. The predicted octanol–water partition coefficient (Wildman–Crippen LogP) is 5.12. The summed E-state index contributed by atoms with van der Waals surface area (Å²) in [4.78, 5) is 4.43. The van der Waals surface area contributed by atoms with Crippen molar-refractivity contribution in [1.82, 2.24) is 10.1 Å². The Morgan fingerprint density at radius 2 is 1.79 bits per heavy atom. The fourth-order valence-corrected chi connectivity index (χ4v) is 2.72. The molecule has 1 aromatic heterocycles. The summed E-state index contributed by atoms with van der Waals surface area (Å²) in [6.07, 6.45) is 0. The number of ether oxygens (including phenoxy) is 1. The van der Waals surface area contributed by atoms with Gasteiger partial charge in [-0.3, -0.25) is 0 Å². The number of aromatic nitrogens is 2. The lowest BCUT2D eigenvalue weighted by Crippen LogP contribution is -1.97. The van der Waals surface area contributed by atoms with Crippen molar-refractivity contribution in [3.8, 4) is 17.2 Å². The topological polar surface area (TPSA) is 48.2 Å². The molecule has 0 aliphatic heterocycles. The number of hydrogen-bond donors (Lipinski definition) is 0. The summed E-state index contributed by atoms with van der Waals surface area (Å²) in [7, 11) is 0. The number of rotatable bonds is 4. The smallest absolute Gasteiger partial charge is 0.258 e. The molecule has 4 nitrogen and oxygen atoms in total. The first-order valence-corrected chi connectivity index (χ1v) is 7.86. The molecule has 0 amide bonds. The normalized spacial score (nSPS) is 10.9. The van der Waals surface area contributed by atoms with E-state index in [0.717, 1.165) is 16.3 Å². The Morgan fingerprint density at radius 1 is 0.958 bits per heavy atom. The molecule has 0 bridgehead atoms. The molecule has 0 atom stereocenters. The first-order valence-electron chi connectivity index (χ1n) is 7.49. The molecule has 4 rings (SSSR count). The van der Waals surface area contributed by atoms with Crippen LogP contribution in [0.15, 0.2) is 71.3 Å². The molecule has 118 valence electrons. The van der Waals surface area contributed by atoms with Gasteiger partial charge in [-0.15, -0.1) is 0 Å². The molecular weight excluding hydrogens is 324 g/mol. The largest absolute Gasteiger partial charge is 0.485 e. The maximum atomic E-state index is 5.94. The molecule has 0 spiro atoms. The van der Waals surface area contributed by atoms with Crippen LogP contribution in [0.25, 0.3) is 22.2 Å². The van der Waals surface area contributed by atoms with E-state index in [9.17, 15) is 0 Å². The molecule has 5 heteroatoms. The van der Waals surface area contributed by atoms with Gasteiger partial charge in [0.15, 0.2) is 6.61 Å². The first kappa shape index (κ1) is 14.7. The summed E-state index contributed by atoms with van der Waals surface area (Å²) in [5.74, 6) is 1.63. The Labute approximate surface area is 143 Å². The highest BCUT2D eigenvalue weighted by molar-refractivity contribution is 6.30. The molecule has 0 saturated heterocycles. The zero-order chi connectivity index (χ0) is 16.4. The first-order chi connectivity index (χ1) is 11.8. The zero-order valence-electron chi connectivity index (χ0n) is 12.6. The van der Waals surface area contributed by atoms with Crippen LogP contribution < -0.4 is 4.74 Å². The monoisotopic (exact) mass is 336 g/mol. The molecule has 0 radical (unpaired) electrons. The second-order valence-corrected chi connectivity index (χ2v) is 5.72. The van der Waals surface area contributed by atoms with Crippen LogP contribution in [0.2, 0.25) is 5.02 Å². The summed E-state index contributed by atoms with van der Waals surface area (Å²) >= 11 is 5.94. The van der Waals surface area contributed by atoms with Crippen LogP contribution in [0, 0.1) is 0 Å². The minimum atomic E-state index is 0.217. The fourth-order valence-electron chi connectivity index (χ4n) is 2.54. The van der Waals surface area contributed by atoms with Gasteiger partial charge in [-0.05, 0) is 35.0 Å². The van der Waals surface area contributed by atoms with E-state index in [2.05, 4.69) is 22.3 Å². The lowest BCUT2D eigenvalue weighted by atomic mass is 10.0. The van der Waals surface area contributed by atoms with Gasteiger partial charge in [0.25, 0.3) is 5.89 Å². The molecular formula is C19H13ClN2O2. The predicted molar refractivity (Wildman–Crippen MR) is 93.0 cm³/mol. The fraction of sp³-hybridized carbons (Fsp3) is 0.0526. The van der Waals surface area contributed by atoms with Gasteiger partial charge in [0.1, 0.15) is 5.75 Å². The number of halogens is 1. The van der Waals surface area contributed by atoms with Crippen LogP contribution in [-0.2, 0) is 6.61 Å². The van der Waals surface area contributed by atoms with Crippen molar-refractivity contribution < 1.29 is 9.26 Å². The maximum absolute atomic E-state index is 5.94. The zero-order valence-corrected chi connectivity index (χ0v) is 13.4. The van der Waals surface area contributed by atoms with Crippen LogP contribution >= 0.6 is 11.6 Å². The molecule has 4 aromatic rings. The third kappa shape index (κ3) is 2.96. The van der Waals surface area contributed by atoms with Gasteiger partial charge in [0.05, 0.1) is 0 Å². The molecule has 0 aliphatic carbocycles. The summed E-state index contributed by atoms with van der Waals surface area (Å²) in [6, 6.07) is 21.3. The molecule has 3 aromatic carbocycles. The minimum absolute atomic E-state index is 0.217. The lowest BCUT2D eigenvalue weighted by molar-refractivity contribution is 0.287. The van der Waals surface area contributed by atoms with Crippen molar-refractivity contribution >= 4 is 22.4 Å². The van der Waals surface area contributed by atoms with Gasteiger partial charge in [-0.2, -0.15) is 4.98 Å². The molecule has 1 heterocycles. The molecule has 0 unspecified atom stereocenters. The van der Waals surface area contributed by atoms with Crippen molar-refractivity contribution in [2.45, 2.75) is 6.61 Å². The number of hydrogen-bond acceptors (Lipinski definition) is 4. The third-order valence-electron chi connectivity index (χ3n) is 3.65. The Hall–Kier alpha value is -2.85. The molecule has 0 aliphatic rings. The highest BCUT2D eigenvalue weighted by Crippen LogP contribution is 2.27. The summed E-state index contributed by atoms with van der Waals surface area (Å²) < 4.78 is 11.0. The van der Waals surface area contributed by atoms with E-state index < -0.39 is 0 Å². The highest BCUT2D eigenvalue weighted by Gasteiger charge is 2.12. The Kier molecular flexibility index (Phi) is 3.89. The molecule has 0 saturated carbocycles. The Balaban J connectivity index is 1.58. The summed E-state index contributed by atoms with van der Waals surface area (Å²) in [6.45, 7) is 0.217. The Morgan fingerprint density at radius 3 is 2.71 bits per heavy atom. The van der Waals surface area contributed by atoms with Gasteiger partial charge in [-0.25, -0.2) is 0 Å². The van der Waals surface area contributed by atoms with Crippen LogP contribution in [0.5, 0.6) is 5.75 Å². The molecule has 24 heavy (non-hydrogen) atoms. The third-order valence-corrected chi connectivity index (χ3v) is 3.89. The van der Waals surface area contributed by atoms with Crippen molar-refractivity contribution in [2.75, 3.05) is 0 Å². The van der Waals surface area contributed by atoms with E-state index in [1.807, 2.05) is 42.5 Å². The van der Waals surface area contributed by atoms with Crippen LogP contribution in [0.4, 0.5) is 0 Å². The van der Waals surface area contributed by atoms with Crippen molar-refractivity contribution in [3.05, 3.63) is 77.6 Å². The van der Waals surface area contributed by atoms with E-state index in [4.69, 9.17) is 20.9 Å². The highest BCUT2D eigenvalue weighted by atomic mass is 35.5. The van der Waals surface area contributed by atoms with Gasteiger partial charge < -0.3 is 9.26 Å². The van der Waals surface area contributed by atoms with Crippen LogP contribution in [0.1, 0.15) is 5.82 Å². The average molecular weight is 337 g/mol. The van der Waals surface area contributed by atoms with Crippen LogP contribution in [0.3, 0.4) is 0 Å². The van der Waals surface area contributed by atoms with Crippen molar-refractivity contribution in [2.24, 2.45) is 0 Å². The van der Waals surface area contributed by atoms with Crippen molar-refractivity contribution in [1.29, 1.82) is 0 Å². The van der Waals surface area contributed by atoms with Gasteiger partial charge in [0, 0.05) is 10.6 Å². The minimum Gasteiger partial charge on any atom is -0.485 e. The van der Waals surface area contributed by atoms with Gasteiger partial charge in [-0.1, -0.05) is 59.2 Å². The quantitative estimate of drug-likeness (QED) is 0.519. The Bertz CT molecular complexity index is 992. The van der Waals surface area contributed by atoms with E-state index >= 15 is 0 Å². The lowest BCUT2D eigenvalue weighted by Gasteiger charge is -2.03. The van der Waals surface area contributed by atoms with E-state index in [1.165, 1.54) is 0 Å². The number of nitrogens with zero attached hydrogens (tertiary/aromatic N) is 2. The van der Waals surface area contributed by atoms with Crippen molar-refractivity contribution in [3.63, 3.8) is 0 Å². The summed E-state index contributed by atoms with van der Waals surface area (Å²) in [5, 5.41) is 6.82. The molecule has 0 fully saturated rings. The standard InChI is InChI=1S/C19H13ClN2O2/c20-14-7-4-8-15(11-14)23-12-18-21-19(24-22-18)17-10-3-6-13-5-1-2-9-16(13)17/h1-11H,12H2. The SMILES string of the molecule is Clc1cccc(OCc2noc(-c3cccc4ccccc34)n2)c1. The summed E-state index contributed by atoms with van der Waals surface area (Å²) in [5.41, 5.74) is 0.912. The van der Waals surface area contributed by atoms with Gasteiger partial charge in [0.2, 0.25) is 5.82 Å². The van der Waals surface area contributed by atoms with E-state index in [0.29, 0.717) is 22.5 Å². The second-order valence-electron chi connectivity index (χ2n) is 5.29. The van der Waals surface area contributed by atoms with E-state index in [-0.39, 0.29) is 6.61 Å². The second kappa shape index (κ2) is 6.34. The average Bonchev–Trinajstić information content (AvgIpc) is 3.08. The molecule has 0 N–H and O–H groups in total. The van der Waals surface area contributed by atoms with Gasteiger partial charge >= 0.3 is 0 Å². The van der Waals surface area contributed by atoms with E-state index in [1.54, 1.807) is 12.1 Å². The number of fused-ring (bicyclic) bond motifs is 1.